The molecule has 0 aliphatic carbocycles. The van der Waals surface area contributed by atoms with Crippen LogP contribution in [0.4, 0.5) is 0 Å². The van der Waals surface area contributed by atoms with Crippen molar-refractivity contribution in [2.75, 3.05) is 20.2 Å². The number of imidazole rings is 1. The number of rotatable bonds is 6. The van der Waals surface area contributed by atoms with E-state index in [4.69, 9.17) is 9.47 Å². The topological polar surface area (TPSA) is 76.2 Å². The van der Waals surface area contributed by atoms with E-state index < -0.39 is 0 Å². The number of piperidine rings is 1. The molecular weight excluding hydrogens is 342 g/mol. The van der Waals surface area contributed by atoms with Crippen LogP contribution in [0.25, 0.3) is 0 Å². The molecule has 0 amide bonds. The molecule has 27 heavy (non-hydrogen) atoms. The highest BCUT2D eigenvalue weighted by Gasteiger charge is 2.26. The highest BCUT2D eigenvalue weighted by atomic mass is 16.5. The summed E-state index contributed by atoms with van der Waals surface area (Å²) in [4.78, 5) is 18.8. The summed E-state index contributed by atoms with van der Waals surface area (Å²) >= 11 is 0. The van der Waals surface area contributed by atoms with Crippen molar-refractivity contribution < 1.29 is 9.47 Å². The van der Waals surface area contributed by atoms with Crippen LogP contribution in [0.5, 0.6) is 17.4 Å². The Morgan fingerprint density at radius 2 is 2.04 bits per heavy atom. The number of benzene rings is 1. The lowest BCUT2D eigenvalue weighted by molar-refractivity contribution is 0.194. The van der Waals surface area contributed by atoms with Gasteiger partial charge in [0.15, 0.2) is 11.5 Å². The van der Waals surface area contributed by atoms with Gasteiger partial charge >= 0.3 is 0 Å². The molecule has 0 saturated carbocycles. The zero-order valence-corrected chi connectivity index (χ0v) is 15.3. The molecule has 0 spiro atoms. The Balaban J connectivity index is 1.53. The first-order chi connectivity index (χ1) is 13.3. The summed E-state index contributed by atoms with van der Waals surface area (Å²) in [6.45, 7) is 2.85. The molecule has 1 aliphatic rings. The third kappa shape index (κ3) is 4.09. The average molecular weight is 365 g/mol. The SMILES string of the molecule is COc1ccccc1Oc1nccnc1[C@H]1CCCN(Cc2cnc[nH]2)C1. The Bertz CT molecular complexity index is 868. The molecule has 0 bridgehead atoms. The van der Waals surface area contributed by atoms with Gasteiger partial charge in [-0.25, -0.2) is 9.97 Å². The summed E-state index contributed by atoms with van der Waals surface area (Å²) in [7, 11) is 1.63. The number of nitrogens with zero attached hydrogens (tertiary/aromatic N) is 4. The zero-order valence-electron chi connectivity index (χ0n) is 15.3. The van der Waals surface area contributed by atoms with Gasteiger partial charge in [-0.3, -0.25) is 9.88 Å². The summed E-state index contributed by atoms with van der Waals surface area (Å²) in [5, 5.41) is 0. The molecule has 1 aromatic carbocycles. The van der Waals surface area contributed by atoms with E-state index in [0.717, 1.165) is 43.9 Å². The molecule has 1 N–H and O–H groups in total. The maximum Gasteiger partial charge on any atom is 0.241 e. The van der Waals surface area contributed by atoms with Crippen LogP contribution in [-0.2, 0) is 6.54 Å². The van der Waals surface area contributed by atoms with Crippen LogP contribution in [0.3, 0.4) is 0 Å². The van der Waals surface area contributed by atoms with Crippen molar-refractivity contribution in [1.82, 2.24) is 24.8 Å². The van der Waals surface area contributed by atoms with Gasteiger partial charge in [0, 0.05) is 43.3 Å². The predicted molar refractivity (Wildman–Crippen MR) is 101 cm³/mol. The van der Waals surface area contributed by atoms with E-state index in [-0.39, 0.29) is 5.92 Å². The number of H-pyrrole nitrogens is 1. The molecule has 7 heteroatoms. The molecule has 140 valence electrons. The second-order valence-corrected chi connectivity index (χ2v) is 6.65. The lowest BCUT2D eigenvalue weighted by Gasteiger charge is -2.32. The molecule has 7 nitrogen and oxygen atoms in total. The molecule has 3 aromatic rings. The highest BCUT2D eigenvalue weighted by Crippen LogP contribution is 2.35. The minimum Gasteiger partial charge on any atom is -0.493 e. The number of hydrogen-bond acceptors (Lipinski definition) is 6. The number of ether oxygens (including phenoxy) is 2. The van der Waals surface area contributed by atoms with Crippen LogP contribution in [0.15, 0.2) is 49.2 Å². The standard InChI is InChI=1S/C20H23N5O2/c1-26-17-6-2-3-7-18(17)27-20-19(22-8-9-23-20)15-5-4-10-25(12-15)13-16-11-21-14-24-16/h2-3,6-9,11,14-15H,4-5,10,12-13H2,1H3,(H,21,24)/t15-/m0/s1. The van der Waals surface area contributed by atoms with Crippen LogP contribution in [0, 0.1) is 0 Å². The Morgan fingerprint density at radius 1 is 1.19 bits per heavy atom. The van der Waals surface area contributed by atoms with Crippen LogP contribution in [0.2, 0.25) is 0 Å². The maximum absolute atomic E-state index is 6.09. The molecular formula is C20H23N5O2. The Labute approximate surface area is 158 Å². The summed E-state index contributed by atoms with van der Waals surface area (Å²) < 4.78 is 11.5. The molecule has 2 aromatic heterocycles. The molecule has 0 radical (unpaired) electrons. The maximum atomic E-state index is 6.09. The number of nitrogens with one attached hydrogen (secondary N) is 1. The minimum absolute atomic E-state index is 0.278. The van der Waals surface area contributed by atoms with Crippen molar-refractivity contribution >= 4 is 0 Å². The first-order valence-electron chi connectivity index (χ1n) is 9.15. The summed E-state index contributed by atoms with van der Waals surface area (Å²) in [5.74, 6) is 2.15. The van der Waals surface area contributed by atoms with Gasteiger partial charge in [0.2, 0.25) is 5.88 Å². The molecule has 1 saturated heterocycles. The fourth-order valence-electron chi connectivity index (χ4n) is 3.54. The van der Waals surface area contributed by atoms with Gasteiger partial charge in [0.05, 0.1) is 13.4 Å². The first-order valence-corrected chi connectivity index (χ1v) is 9.15. The predicted octanol–water partition coefficient (Wildman–Crippen LogP) is 3.38. The van der Waals surface area contributed by atoms with Gasteiger partial charge < -0.3 is 14.5 Å². The third-order valence-electron chi connectivity index (χ3n) is 4.81. The summed E-state index contributed by atoms with van der Waals surface area (Å²) in [5.41, 5.74) is 2.03. The van der Waals surface area contributed by atoms with E-state index in [9.17, 15) is 0 Å². The Hall–Kier alpha value is -2.93. The zero-order chi connectivity index (χ0) is 18.5. The fourth-order valence-corrected chi connectivity index (χ4v) is 3.54. The van der Waals surface area contributed by atoms with E-state index in [1.165, 1.54) is 0 Å². The van der Waals surface area contributed by atoms with Crippen molar-refractivity contribution in [3.8, 4) is 17.4 Å². The molecule has 3 heterocycles. The molecule has 1 fully saturated rings. The Morgan fingerprint density at radius 3 is 2.85 bits per heavy atom. The van der Waals surface area contributed by atoms with Crippen LogP contribution < -0.4 is 9.47 Å². The number of para-hydroxylation sites is 2. The second-order valence-electron chi connectivity index (χ2n) is 6.65. The lowest BCUT2D eigenvalue weighted by atomic mass is 9.94. The number of likely N-dealkylation sites (tertiary alicyclic amines) is 1. The lowest BCUT2D eigenvalue weighted by Crippen LogP contribution is -2.34. The van der Waals surface area contributed by atoms with Crippen molar-refractivity contribution in [3.05, 3.63) is 60.6 Å². The highest BCUT2D eigenvalue weighted by molar-refractivity contribution is 5.42. The minimum atomic E-state index is 0.278. The van der Waals surface area contributed by atoms with Crippen LogP contribution in [-0.4, -0.2) is 45.0 Å². The van der Waals surface area contributed by atoms with E-state index in [0.29, 0.717) is 17.4 Å². The van der Waals surface area contributed by atoms with E-state index in [1.54, 1.807) is 25.8 Å². The number of methoxy groups -OCH3 is 1. The van der Waals surface area contributed by atoms with E-state index >= 15 is 0 Å². The van der Waals surface area contributed by atoms with Gasteiger partial charge in [-0.2, -0.15) is 0 Å². The van der Waals surface area contributed by atoms with Gasteiger partial charge in [0.1, 0.15) is 5.69 Å². The van der Waals surface area contributed by atoms with Crippen molar-refractivity contribution in [2.24, 2.45) is 0 Å². The van der Waals surface area contributed by atoms with Gasteiger partial charge in [-0.1, -0.05) is 12.1 Å². The summed E-state index contributed by atoms with van der Waals surface area (Å²) in [6, 6.07) is 7.58. The molecule has 1 aliphatic heterocycles. The van der Waals surface area contributed by atoms with Crippen LogP contribution in [0.1, 0.15) is 30.1 Å². The first kappa shape index (κ1) is 17.5. The second kappa shape index (κ2) is 8.18. The molecule has 0 unspecified atom stereocenters. The van der Waals surface area contributed by atoms with Crippen molar-refractivity contribution in [1.29, 1.82) is 0 Å². The smallest absolute Gasteiger partial charge is 0.241 e. The monoisotopic (exact) mass is 365 g/mol. The normalized spacial score (nSPS) is 17.6. The quantitative estimate of drug-likeness (QED) is 0.722. The van der Waals surface area contributed by atoms with E-state index in [2.05, 4.69) is 24.8 Å². The van der Waals surface area contributed by atoms with Crippen LogP contribution >= 0.6 is 0 Å². The van der Waals surface area contributed by atoms with Gasteiger partial charge in [-0.15, -0.1) is 0 Å². The third-order valence-corrected chi connectivity index (χ3v) is 4.81. The number of aromatic nitrogens is 4. The van der Waals surface area contributed by atoms with Gasteiger partial charge in [-0.05, 0) is 31.5 Å². The number of hydrogen-bond donors (Lipinski definition) is 1. The fraction of sp³-hybridized carbons (Fsp3) is 0.350. The van der Waals surface area contributed by atoms with Gasteiger partial charge in [0.25, 0.3) is 0 Å². The van der Waals surface area contributed by atoms with E-state index in [1.807, 2.05) is 30.5 Å². The molecule has 4 rings (SSSR count). The molecule has 1 atom stereocenters. The largest absolute Gasteiger partial charge is 0.493 e. The average Bonchev–Trinajstić information content (AvgIpc) is 3.22. The summed E-state index contributed by atoms with van der Waals surface area (Å²) in [6.07, 6.45) is 9.18. The van der Waals surface area contributed by atoms with Crippen molar-refractivity contribution in [3.63, 3.8) is 0 Å². The number of aromatic amines is 1. The Kier molecular flexibility index (Phi) is 5.29. The van der Waals surface area contributed by atoms with Crippen molar-refractivity contribution in [2.45, 2.75) is 25.3 Å².